The summed E-state index contributed by atoms with van der Waals surface area (Å²) < 4.78 is 25.4. The number of hydrogen-bond acceptors (Lipinski definition) is 4. The molecule has 1 N–H and O–H groups in total. The first-order chi connectivity index (χ1) is 18.1. The molecule has 0 saturated carbocycles. The summed E-state index contributed by atoms with van der Waals surface area (Å²) in [4.78, 5) is 12.1. The zero-order valence-electron chi connectivity index (χ0n) is 21.1. The van der Waals surface area contributed by atoms with Gasteiger partial charge in [0.15, 0.2) is 0 Å². The lowest BCUT2D eigenvalue weighted by Gasteiger charge is -2.33. The molecule has 0 aromatic heterocycles. The lowest BCUT2D eigenvalue weighted by Crippen LogP contribution is -2.28. The van der Waals surface area contributed by atoms with Crippen molar-refractivity contribution in [1.29, 1.82) is 0 Å². The number of halogens is 1. The van der Waals surface area contributed by atoms with Gasteiger partial charge in [-0.05, 0) is 78.9 Å². The van der Waals surface area contributed by atoms with E-state index in [-0.39, 0.29) is 17.6 Å². The van der Waals surface area contributed by atoms with Crippen LogP contribution in [0, 0.1) is 5.82 Å². The van der Waals surface area contributed by atoms with Crippen LogP contribution >= 0.6 is 0 Å². The van der Waals surface area contributed by atoms with Gasteiger partial charge in [-0.2, -0.15) is 0 Å². The van der Waals surface area contributed by atoms with Gasteiger partial charge in [0, 0.05) is 11.5 Å². The van der Waals surface area contributed by atoms with E-state index in [1.54, 1.807) is 12.1 Å². The third kappa shape index (κ3) is 5.67. The topological polar surface area (TPSA) is 47.6 Å². The molecule has 2 atom stereocenters. The second-order valence-corrected chi connectivity index (χ2v) is 9.58. The fourth-order valence-electron chi connectivity index (χ4n) is 5.32. The van der Waals surface area contributed by atoms with E-state index in [1.807, 2.05) is 24.3 Å². The van der Waals surface area contributed by atoms with E-state index in [0.717, 1.165) is 55.6 Å². The van der Waals surface area contributed by atoms with Crippen LogP contribution in [-0.2, 0) is 11.2 Å². The third-order valence-electron chi connectivity index (χ3n) is 7.22. The molecular formula is C32H32FNO3. The molecule has 4 aromatic carbocycles. The molecule has 2 unspecified atom stereocenters. The molecule has 1 aliphatic rings. The summed E-state index contributed by atoms with van der Waals surface area (Å²) in [6.45, 7) is 1.84. The number of nitrogens with one attached hydrogen (secondary N) is 1. The van der Waals surface area contributed by atoms with Gasteiger partial charge in [0.25, 0.3) is 0 Å². The number of hydrogen-bond donors (Lipinski definition) is 1. The molecule has 190 valence electrons. The average molecular weight is 498 g/mol. The predicted molar refractivity (Wildman–Crippen MR) is 145 cm³/mol. The molecular weight excluding hydrogens is 465 g/mol. The molecule has 0 bridgehead atoms. The number of carbonyl (C=O) groups excluding carboxylic acids is 1. The Morgan fingerprint density at radius 1 is 1.00 bits per heavy atom. The van der Waals surface area contributed by atoms with Crippen molar-refractivity contribution in [3.05, 3.63) is 113 Å². The van der Waals surface area contributed by atoms with Crippen LogP contribution < -0.4 is 10.1 Å². The lowest BCUT2D eigenvalue weighted by molar-refractivity contribution is 0.0595. The SMILES string of the molecule is COC(=O)c1cc(C2CC(CCCNCCc3cccc4ccccc34)Oc3ccccc32)ccc1F. The maximum atomic E-state index is 14.3. The summed E-state index contributed by atoms with van der Waals surface area (Å²) in [6, 6.07) is 27.7. The first-order valence-corrected chi connectivity index (χ1v) is 12.9. The van der Waals surface area contributed by atoms with Gasteiger partial charge < -0.3 is 14.8 Å². The quantitative estimate of drug-likeness (QED) is 0.207. The number of methoxy groups -OCH3 is 1. The van der Waals surface area contributed by atoms with E-state index in [9.17, 15) is 9.18 Å². The van der Waals surface area contributed by atoms with E-state index < -0.39 is 11.8 Å². The monoisotopic (exact) mass is 497 g/mol. The molecule has 1 aliphatic heterocycles. The Morgan fingerprint density at radius 2 is 1.81 bits per heavy atom. The van der Waals surface area contributed by atoms with Crippen LogP contribution in [0.2, 0.25) is 0 Å². The average Bonchev–Trinajstić information content (AvgIpc) is 2.94. The van der Waals surface area contributed by atoms with Crippen molar-refractivity contribution >= 4 is 16.7 Å². The minimum Gasteiger partial charge on any atom is -0.490 e. The first kappa shape index (κ1) is 25.0. The first-order valence-electron chi connectivity index (χ1n) is 12.9. The molecule has 4 aromatic rings. The Kier molecular flexibility index (Phi) is 7.81. The minimum atomic E-state index is -0.661. The molecule has 37 heavy (non-hydrogen) atoms. The van der Waals surface area contributed by atoms with E-state index in [4.69, 9.17) is 9.47 Å². The number of para-hydroxylation sites is 1. The van der Waals surface area contributed by atoms with Gasteiger partial charge in [-0.3, -0.25) is 0 Å². The highest BCUT2D eigenvalue weighted by Crippen LogP contribution is 2.41. The van der Waals surface area contributed by atoms with E-state index in [1.165, 1.54) is 29.5 Å². The van der Waals surface area contributed by atoms with Crippen molar-refractivity contribution in [2.75, 3.05) is 20.2 Å². The van der Waals surface area contributed by atoms with Crippen LogP contribution in [0.1, 0.15) is 52.2 Å². The number of ether oxygens (including phenoxy) is 2. The molecule has 0 fully saturated rings. The Morgan fingerprint density at radius 3 is 2.70 bits per heavy atom. The van der Waals surface area contributed by atoms with E-state index in [0.29, 0.717) is 0 Å². The van der Waals surface area contributed by atoms with Crippen molar-refractivity contribution in [2.24, 2.45) is 0 Å². The third-order valence-corrected chi connectivity index (χ3v) is 7.22. The lowest BCUT2D eigenvalue weighted by atomic mass is 9.82. The molecule has 0 spiro atoms. The summed E-state index contributed by atoms with van der Waals surface area (Å²) in [6.07, 6.45) is 3.72. The van der Waals surface area contributed by atoms with Crippen molar-refractivity contribution in [3.63, 3.8) is 0 Å². The van der Waals surface area contributed by atoms with Crippen molar-refractivity contribution < 1.29 is 18.7 Å². The largest absolute Gasteiger partial charge is 0.490 e. The Labute approximate surface area is 217 Å². The molecule has 4 nitrogen and oxygen atoms in total. The van der Waals surface area contributed by atoms with Crippen LogP contribution in [-0.4, -0.2) is 32.3 Å². The fraction of sp³-hybridized carbons (Fsp3) is 0.281. The Bertz CT molecular complexity index is 1380. The van der Waals surface area contributed by atoms with Gasteiger partial charge >= 0.3 is 5.97 Å². The molecule has 0 aliphatic carbocycles. The molecule has 1 heterocycles. The molecule has 0 amide bonds. The van der Waals surface area contributed by atoms with Gasteiger partial charge in [-0.1, -0.05) is 66.7 Å². The Balaban J connectivity index is 1.19. The number of benzene rings is 4. The van der Waals surface area contributed by atoms with Gasteiger partial charge in [-0.25, -0.2) is 9.18 Å². The van der Waals surface area contributed by atoms with Crippen molar-refractivity contribution in [3.8, 4) is 5.75 Å². The van der Waals surface area contributed by atoms with Gasteiger partial charge in [0.2, 0.25) is 0 Å². The number of rotatable bonds is 9. The zero-order chi connectivity index (χ0) is 25.6. The molecule has 0 saturated heterocycles. The Hall–Kier alpha value is -3.70. The summed E-state index contributed by atoms with van der Waals surface area (Å²) in [7, 11) is 1.27. The van der Waals surface area contributed by atoms with E-state index in [2.05, 4.69) is 47.8 Å². The predicted octanol–water partition coefficient (Wildman–Crippen LogP) is 6.66. The fourth-order valence-corrected chi connectivity index (χ4v) is 5.32. The van der Waals surface area contributed by atoms with Crippen molar-refractivity contribution in [1.82, 2.24) is 5.32 Å². The standard InChI is InChI=1S/C32H32FNO3/c1-36-32(35)29-20-24(15-16-30(29)33)28-21-25(37-31-14-5-4-13-27(28)31)11-7-18-34-19-17-23-10-6-9-22-8-2-3-12-26(22)23/h2-6,8-10,12-16,20,25,28,34H,7,11,17-19,21H2,1H3. The summed E-state index contributed by atoms with van der Waals surface area (Å²) >= 11 is 0. The van der Waals surface area contributed by atoms with Crippen LogP contribution in [0.3, 0.4) is 0 Å². The molecule has 5 rings (SSSR count). The van der Waals surface area contributed by atoms with Crippen molar-refractivity contribution in [2.45, 2.75) is 37.7 Å². The molecule has 5 heteroatoms. The van der Waals surface area contributed by atoms with Crippen LogP contribution in [0.4, 0.5) is 4.39 Å². The highest BCUT2D eigenvalue weighted by atomic mass is 19.1. The van der Waals surface area contributed by atoms with Crippen LogP contribution in [0.15, 0.2) is 84.9 Å². The maximum Gasteiger partial charge on any atom is 0.340 e. The van der Waals surface area contributed by atoms with Crippen LogP contribution in [0.25, 0.3) is 10.8 Å². The number of carbonyl (C=O) groups is 1. The summed E-state index contributed by atoms with van der Waals surface area (Å²) in [5.41, 5.74) is 3.30. The zero-order valence-corrected chi connectivity index (χ0v) is 21.1. The highest BCUT2D eigenvalue weighted by Gasteiger charge is 2.30. The molecule has 0 radical (unpaired) electrons. The van der Waals surface area contributed by atoms with Gasteiger partial charge in [0.1, 0.15) is 11.6 Å². The smallest absolute Gasteiger partial charge is 0.340 e. The van der Waals surface area contributed by atoms with E-state index >= 15 is 0 Å². The van der Waals surface area contributed by atoms with Gasteiger partial charge in [-0.15, -0.1) is 0 Å². The van der Waals surface area contributed by atoms with Gasteiger partial charge in [0.05, 0.1) is 18.8 Å². The maximum absolute atomic E-state index is 14.3. The second-order valence-electron chi connectivity index (χ2n) is 9.58. The number of fused-ring (bicyclic) bond motifs is 2. The minimum absolute atomic E-state index is 0.0262. The summed E-state index contributed by atoms with van der Waals surface area (Å²) in [5, 5.41) is 6.19. The highest BCUT2D eigenvalue weighted by molar-refractivity contribution is 5.90. The second kappa shape index (κ2) is 11.6. The number of esters is 1. The summed E-state index contributed by atoms with van der Waals surface area (Å²) in [5.74, 6) is -0.345. The normalized spacial score (nSPS) is 16.7. The van der Waals surface area contributed by atoms with Crippen LogP contribution in [0.5, 0.6) is 5.75 Å².